The molecule has 0 aliphatic carbocycles. The van der Waals surface area contributed by atoms with E-state index >= 15 is 0 Å². The van der Waals surface area contributed by atoms with Crippen LogP contribution in [-0.4, -0.2) is 40.9 Å². The summed E-state index contributed by atoms with van der Waals surface area (Å²) in [6.07, 6.45) is 7.38. The van der Waals surface area contributed by atoms with E-state index in [1.807, 2.05) is 0 Å². The van der Waals surface area contributed by atoms with E-state index in [1.54, 1.807) is 0 Å². The van der Waals surface area contributed by atoms with Crippen molar-refractivity contribution in [1.29, 1.82) is 0 Å². The van der Waals surface area contributed by atoms with E-state index < -0.39 is 0 Å². The second kappa shape index (κ2) is 5.90. The average Bonchev–Trinajstić information content (AvgIpc) is 3.07. The van der Waals surface area contributed by atoms with Crippen LogP contribution in [0.1, 0.15) is 44.9 Å². The topological polar surface area (TPSA) is 56.8 Å². The van der Waals surface area contributed by atoms with Gasteiger partial charge < -0.3 is 10.2 Å². The quantitative estimate of drug-likeness (QED) is 0.794. The summed E-state index contributed by atoms with van der Waals surface area (Å²) in [6, 6.07) is 0.605. The SMILES string of the molecule is CCCCCc1nc(N2CCCC3CNCC32)n[nH]1. The Balaban J connectivity index is 1.64. The highest BCUT2D eigenvalue weighted by Gasteiger charge is 2.36. The summed E-state index contributed by atoms with van der Waals surface area (Å²) in [4.78, 5) is 7.11. The van der Waals surface area contributed by atoms with Gasteiger partial charge in [0.25, 0.3) is 0 Å². The Morgan fingerprint density at radius 3 is 3.16 bits per heavy atom. The molecule has 5 heteroatoms. The number of anilines is 1. The lowest BCUT2D eigenvalue weighted by Crippen LogP contribution is -2.45. The van der Waals surface area contributed by atoms with E-state index in [-0.39, 0.29) is 0 Å². The number of fused-ring (bicyclic) bond motifs is 1. The first-order valence-electron chi connectivity index (χ1n) is 7.77. The molecule has 0 bridgehead atoms. The van der Waals surface area contributed by atoms with Gasteiger partial charge in [-0.3, -0.25) is 5.10 Å². The summed E-state index contributed by atoms with van der Waals surface area (Å²) in [5.74, 6) is 2.76. The van der Waals surface area contributed by atoms with Gasteiger partial charge in [0.05, 0.1) is 0 Å². The van der Waals surface area contributed by atoms with Crippen LogP contribution in [0, 0.1) is 5.92 Å². The average molecular weight is 263 g/mol. The van der Waals surface area contributed by atoms with Crippen LogP contribution in [0.15, 0.2) is 0 Å². The molecule has 2 aliphatic heterocycles. The molecule has 2 saturated heterocycles. The van der Waals surface area contributed by atoms with Gasteiger partial charge in [-0.1, -0.05) is 19.8 Å². The van der Waals surface area contributed by atoms with Gasteiger partial charge in [0, 0.05) is 32.1 Å². The Hall–Kier alpha value is -1.10. The zero-order chi connectivity index (χ0) is 13.1. The van der Waals surface area contributed by atoms with E-state index in [1.165, 1.54) is 32.1 Å². The number of H-pyrrole nitrogens is 1. The molecule has 19 heavy (non-hydrogen) atoms. The molecule has 1 aromatic rings. The Bertz CT molecular complexity index is 402. The first-order valence-corrected chi connectivity index (χ1v) is 7.77. The highest BCUT2D eigenvalue weighted by molar-refractivity contribution is 5.33. The molecule has 0 radical (unpaired) electrons. The first kappa shape index (κ1) is 12.9. The van der Waals surface area contributed by atoms with E-state index in [9.17, 15) is 0 Å². The van der Waals surface area contributed by atoms with Crippen molar-refractivity contribution in [1.82, 2.24) is 20.5 Å². The van der Waals surface area contributed by atoms with Gasteiger partial charge in [-0.25, -0.2) is 0 Å². The molecule has 2 aliphatic rings. The summed E-state index contributed by atoms with van der Waals surface area (Å²) >= 11 is 0. The van der Waals surface area contributed by atoms with E-state index in [2.05, 4.69) is 27.3 Å². The van der Waals surface area contributed by atoms with Crippen molar-refractivity contribution in [2.45, 2.75) is 51.5 Å². The largest absolute Gasteiger partial charge is 0.335 e. The normalized spacial score (nSPS) is 26.7. The fraction of sp³-hybridized carbons (Fsp3) is 0.857. The molecule has 0 amide bonds. The van der Waals surface area contributed by atoms with Crippen LogP contribution in [0.3, 0.4) is 0 Å². The molecule has 0 saturated carbocycles. The van der Waals surface area contributed by atoms with Crippen LogP contribution < -0.4 is 10.2 Å². The van der Waals surface area contributed by atoms with Gasteiger partial charge in [-0.05, 0) is 25.2 Å². The zero-order valence-electron chi connectivity index (χ0n) is 11.9. The number of rotatable bonds is 5. The minimum atomic E-state index is 0.605. The van der Waals surface area contributed by atoms with E-state index in [4.69, 9.17) is 4.98 Å². The van der Waals surface area contributed by atoms with Crippen LogP contribution in [0.5, 0.6) is 0 Å². The molecular formula is C14H25N5. The Labute approximate surface area is 115 Å². The molecule has 0 aromatic carbocycles. The second-order valence-electron chi connectivity index (χ2n) is 5.86. The molecule has 3 rings (SSSR count). The number of nitrogens with one attached hydrogen (secondary N) is 2. The van der Waals surface area contributed by atoms with Crippen molar-refractivity contribution in [2.24, 2.45) is 5.92 Å². The summed E-state index contributed by atoms with van der Waals surface area (Å²) in [5.41, 5.74) is 0. The van der Waals surface area contributed by atoms with Crippen LogP contribution in [0.2, 0.25) is 0 Å². The molecule has 0 spiro atoms. The third-order valence-corrected chi connectivity index (χ3v) is 4.47. The minimum absolute atomic E-state index is 0.605. The Morgan fingerprint density at radius 1 is 1.32 bits per heavy atom. The number of hydrogen-bond donors (Lipinski definition) is 2. The molecule has 106 valence electrons. The van der Waals surface area contributed by atoms with Crippen LogP contribution >= 0.6 is 0 Å². The van der Waals surface area contributed by atoms with Crippen LogP contribution in [0.4, 0.5) is 5.95 Å². The molecule has 5 nitrogen and oxygen atoms in total. The number of piperidine rings is 1. The zero-order valence-corrected chi connectivity index (χ0v) is 11.9. The van der Waals surface area contributed by atoms with Gasteiger partial charge in [-0.15, -0.1) is 5.10 Å². The van der Waals surface area contributed by atoms with Crippen molar-refractivity contribution in [2.75, 3.05) is 24.5 Å². The third-order valence-electron chi connectivity index (χ3n) is 4.47. The molecule has 2 fully saturated rings. The predicted octanol–water partition coefficient (Wildman–Crippen LogP) is 1.73. The fourth-order valence-electron chi connectivity index (χ4n) is 3.38. The van der Waals surface area contributed by atoms with Crippen molar-refractivity contribution in [3.8, 4) is 0 Å². The molecule has 2 atom stereocenters. The maximum atomic E-state index is 4.70. The molecule has 2 unspecified atom stereocenters. The standard InChI is InChI=1S/C14H25N5/c1-2-3-4-7-13-16-14(18-17-13)19-8-5-6-11-9-15-10-12(11)19/h11-12,15H,2-10H2,1H3,(H,16,17,18). The second-order valence-corrected chi connectivity index (χ2v) is 5.86. The highest BCUT2D eigenvalue weighted by atomic mass is 15.4. The summed E-state index contributed by atoms with van der Waals surface area (Å²) in [5, 5.41) is 11.1. The predicted molar refractivity (Wildman–Crippen MR) is 76.3 cm³/mol. The van der Waals surface area contributed by atoms with Gasteiger partial charge >= 0.3 is 0 Å². The minimum Gasteiger partial charge on any atom is -0.335 e. The van der Waals surface area contributed by atoms with Crippen molar-refractivity contribution in [3.63, 3.8) is 0 Å². The van der Waals surface area contributed by atoms with Crippen LogP contribution in [0.25, 0.3) is 0 Å². The Morgan fingerprint density at radius 2 is 2.26 bits per heavy atom. The first-order chi connectivity index (χ1) is 9.38. The maximum absolute atomic E-state index is 4.70. The molecule has 3 heterocycles. The Kier molecular flexibility index (Phi) is 4.01. The van der Waals surface area contributed by atoms with Crippen molar-refractivity contribution in [3.05, 3.63) is 5.82 Å². The number of aromatic amines is 1. The van der Waals surface area contributed by atoms with Crippen molar-refractivity contribution >= 4 is 5.95 Å². The molecule has 1 aromatic heterocycles. The molecular weight excluding hydrogens is 238 g/mol. The maximum Gasteiger partial charge on any atom is 0.245 e. The number of aromatic nitrogens is 3. The van der Waals surface area contributed by atoms with Gasteiger partial charge in [0.1, 0.15) is 5.82 Å². The smallest absolute Gasteiger partial charge is 0.245 e. The summed E-state index contributed by atoms with van der Waals surface area (Å²) < 4.78 is 0. The van der Waals surface area contributed by atoms with Crippen LogP contribution in [-0.2, 0) is 6.42 Å². The summed E-state index contributed by atoms with van der Waals surface area (Å²) in [7, 11) is 0. The number of hydrogen-bond acceptors (Lipinski definition) is 4. The van der Waals surface area contributed by atoms with Gasteiger partial charge in [-0.2, -0.15) is 4.98 Å². The lowest BCUT2D eigenvalue weighted by molar-refractivity contribution is 0.381. The van der Waals surface area contributed by atoms with Gasteiger partial charge in [0.15, 0.2) is 0 Å². The lowest BCUT2D eigenvalue weighted by atomic mass is 9.92. The van der Waals surface area contributed by atoms with Gasteiger partial charge in [0.2, 0.25) is 5.95 Å². The lowest BCUT2D eigenvalue weighted by Gasteiger charge is -2.36. The molecule has 2 N–H and O–H groups in total. The number of aryl methyl sites for hydroxylation is 1. The fourth-order valence-corrected chi connectivity index (χ4v) is 3.38. The third kappa shape index (κ3) is 2.76. The number of nitrogens with zero attached hydrogens (tertiary/aromatic N) is 3. The van der Waals surface area contributed by atoms with E-state index in [0.717, 1.165) is 43.7 Å². The number of unbranched alkanes of at least 4 members (excludes halogenated alkanes) is 2. The highest BCUT2D eigenvalue weighted by Crippen LogP contribution is 2.28. The van der Waals surface area contributed by atoms with Crippen molar-refractivity contribution < 1.29 is 0 Å². The van der Waals surface area contributed by atoms with E-state index in [0.29, 0.717) is 6.04 Å². The monoisotopic (exact) mass is 263 g/mol. The summed E-state index contributed by atoms with van der Waals surface area (Å²) in [6.45, 7) is 5.58.